The fourth-order valence-corrected chi connectivity index (χ4v) is 3.15. The standard InChI is InChI=1S/C14H19ClN4O/c15-5-6-16-8-11-18-13-10(14(20)19-11)7-17-12(13)9-3-1-2-4-9/h9,16H,1-8H2,(H,18,19,20). The van der Waals surface area contributed by atoms with Crippen molar-refractivity contribution in [3.05, 3.63) is 27.4 Å². The van der Waals surface area contributed by atoms with Crippen LogP contribution in [0.1, 0.15) is 42.8 Å². The summed E-state index contributed by atoms with van der Waals surface area (Å²) in [5, 5.41) is 3.15. The van der Waals surface area contributed by atoms with Gasteiger partial charge in [0.2, 0.25) is 0 Å². The van der Waals surface area contributed by atoms with E-state index in [1.165, 1.54) is 25.7 Å². The highest BCUT2D eigenvalue weighted by Crippen LogP contribution is 2.31. The SMILES string of the molecule is O=c1[nH]c(CNCCCl)nc2c1CN=C2C1CCCC1. The second-order valence-corrected chi connectivity index (χ2v) is 5.77. The zero-order valence-electron chi connectivity index (χ0n) is 11.4. The molecule has 1 aromatic rings. The van der Waals surface area contributed by atoms with Crippen molar-refractivity contribution in [3.63, 3.8) is 0 Å². The maximum Gasteiger partial charge on any atom is 0.256 e. The average molecular weight is 295 g/mol. The Morgan fingerprint density at radius 1 is 1.35 bits per heavy atom. The number of hydrogen-bond acceptors (Lipinski definition) is 4. The quantitative estimate of drug-likeness (QED) is 0.640. The fourth-order valence-electron chi connectivity index (χ4n) is 3.02. The Kier molecular flexibility index (Phi) is 4.17. The van der Waals surface area contributed by atoms with Crippen LogP contribution in [0.15, 0.2) is 9.79 Å². The number of nitrogens with one attached hydrogen (secondary N) is 2. The summed E-state index contributed by atoms with van der Waals surface area (Å²) in [5.74, 6) is 1.71. The Labute approximate surface area is 122 Å². The van der Waals surface area contributed by atoms with E-state index in [1.54, 1.807) is 0 Å². The molecule has 0 amide bonds. The normalized spacial score (nSPS) is 18.4. The fraction of sp³-hybridized carbons (Fsp3) is 0.643. The first kappa shape index (κ1) is 13.8. The first-order valence-electron chi connectivity index (χ1n) is 7.23. The van der Waals surface area contributed by atoms with Gasteiger partial charge in [0.25, 0.3) is 5.56 Å². The van der Waals surface area contributed by atoms with E-state index in [4.69, 9.17) is 11.6 Å². The molecule has 1 fully saturated rings. The van der Waals surface area contributed by atoms with E-state index in [9.17, 15) is 4.79 Å². The van der Waals surface area contributed by atoms with Crippen LogP contribution >= 0.6 is 11.6 Å². The summed E-state index contributed by atoms with van der Waals surface area (Å²) in [6.07, 6.45) is 4.86. The molecule has 1 saturated carbocycles. The zero-order chi connectivity index (χ0) is 13.9. The van der Waals surface area contributed by atoms with Gasteiger partial charge in [0.05, 0.1) is 30.1 Å². The van der Waals surface area contributed by atoms with Crippen molar-refractivity contribution in [2.75, 3.05) is 12.4 Å². The number of H-pyrrole nitrogens is 1. The minimum atomic E-state index is -0.0468. The van der Waals surface area contributed by atoms with Crippen LogP contribution in [0.5, 0.6) is 0 Å². The van der Waals surface area contributed by atoms with Gasteiger partial charge in [0.1, 0.15) is 5.82 Å². The van der Waals surface area contributed by atoms with Crippen LogP contribution in [-0.2, 0) is 13.1 Å². The zero-order valence-corrected chi connectivity index (χ0v) is 12.2. The summed E-state index contributed by atoms with van der Waals surface area (Å²) >= 11 is 5.63. The van der Waals surface area contributed by atoms with Gasteiger partial charge < -0.3 is 10.3 Å². The average Bonchev–Trinajstić information content (AvgIpc) is 3.06. The lowest BCUT2D eigenvalue weighted by Crippen LogP contribution is -2.25. The van der Waals surface area contributed by atoms with Crippen molar-refractivity contribution in [2.45, 2.75) is 38.8 Å². The third-order valence-corrected chi connectivity index (χ3v) is 4.21. The van der Waals surface area contributed by atoms with E-state index >= 15 is 0 Å². The molecule has 1 aliphatic heterocycles. The molecular formula is C14H19ClN4O. The molecule has 20 heavy (non-hydrogen) atoms. The van der Waals surface area contributed by atoms with Crippen LogP contribution in [0.25, 0.3) is 0 Å². The largest absolute Gasteiger partial charge is 0.309 e. The minimum Gasteiger partial charge on any atom is -0.309 e. The van der Waals surface area contributed by atoms with Gasteiger partial charge in [0, 0.05) is 18.3 Å². The highest BCUT2D eigenvalue weighted by molar-refractivity contribution is 6.18. The molecule has 0 unspecified atom stereocenters. The van der Waals surface area contributed by atoms with Crippen LogP contribution in [-0.4, -0.2) is 28.1 Å². The predicted octanol–water partition coefficient (Wildman–Crippen LogP) is 1.59. The number of aliphatic imine (C=N–C) groups is 1. The highest BCUT2D eigenvalue weighted by Gasteiger charge is 2.29. The van der Waals surface area contributed by atoms with E-state index in [1.807, 2.05) is 0 Å². The van der Waals surface area contributed by atoms with Crippen molar-refractivity contribution >= 4 is 17.3 Å². The number of aromatic nitrogens is 2. The smallest absolute Gasteiger partial charge is 0.256 e. The molecule has 0 atom stereocenters. The monoisotopic (exact) mass is 294 g/mol. The first-order chi connectivity index (χ1) is 9.79. The van der Waals surface area contributed by atoms with Gasteiger partial charge in [-0.15, -0.1) is 11.6 Å². The highest BCUT2D eigenvalue weighted by atomic mass is 35.5. The Morgan fingerprint density at radius 3 is 2.90 bits per heavy atom. The van der Waals surface area contributed by atoms with Crippen molar-refractivity contribution in [1.29, 1.82) is 0 Å². The van der Waals surface area contributed by atoms with Crippen LogP contribution < -0.4 is 10.9 Å². The van der Waals surface area contributed by atoms with Gasteiger partial charge in [0.15, 0.2) is 0 Å². The topological polar surface area (TPSA) is 70.1 Å². The summed E-state index contributed by atoms with van der Waals surface area (Å²) < 4.78 is 0. The molecular weight excluding hydrogens is 276 g/mol. The molecule has 2 heterocycles. The second kappa shape index (κ2) is 6.06. The number of alkyl halides is 1. The number of halogens is 1. The van der Waals surface area contributed by atoms with E-state index in [0.29, 0.717) is 37.3 Å². The van der Waals surface area contributed by atoms with Crippen LogP contribution in [0.3, 0.4) is 0 Å². The van der Waals surface area contributed by atoms with Gasteiger partial charge in [-0.05, 0) is 12.8 Å². The van der Waals surface area contributed by atoms with Crippen LogP contribution in [0.2, 0.25) is 0 Å². The van der Waals surface area contributed by atoms with E-state index < -0.39 is 0 Å². The number of rotatable bonds is 5. The molecule has 0 bridgehead atoms. The van der Waals surface area contributed by atoms with Crippen molar-refractivity contribution < 1.29 is 0 Å². The van der Waals surface area contributed by atoms with Crippen molar-refractivity contribution in [1.82, 2.24) is 15.3 Å². The lowest BCUT2D eigenvalue weighted by Gasteiger charge is -2.11. The van der Waals surface area contributed by atoms with Crippen LogP contribution in [0.4, 0.5) is 0 Å². The summed E-state index contributed by atoms with van der Waals surface area (Å²) in [6, 6.07) is 0. The first-order valence-corrected chi connectivity index (χ1v) is 7.76. The van der Waals surface area contributed by atoms with E-state index in [0.717, 1.165) is 17.0 Å². The van der Waals surface area contributed by atoms with E-state index in [-0.39, 0.29) is 5.56 Å². The van der Waals surface area contributed by atoms with Gasteiger partial charge >= 0.3 is 0 Å². The third kappa shape index (κ3) is 2.65. The molecule has 5 nitrogen and oxygen atoms in total. The van der Waals surface area contributed by atoms with Gasteiger partial charge in [-0.2, -0.15) is 0 Å². The van der Waals surface area contributed by atoms with Gasteiger partial charge in [-0.25, -0.2) is 4.98 Å². The second-order valence-electron chi connectivity index (χ2n) is 5.39. The Bertz CT molecular complexity index is 575. The van der Waals surface area contributed by atoms with Crippen molar-refractivity contribution in [3.8, 4) is 0 Å². The molecule has 108 valence electrons. The number of fused-ring (bicyclic) bond motifs is 1. The maximum atomic E-state index is 12.1. The lowest BCUT2D eigenvalue weighted by atomic mass is 9.98. The summed E-state index contributed by atoms with van der Waals surface area (Å²) in [4.78, 5) is 24.1. The summed E-state index contributed by atoms with van der Waals surface area (Å²) in [7, 11) is 0. The van der Waals surface area contributed by atoms with Gasteiger partial charge in [-0.3, -0.25) is 9.79 Å². The Morgan fingerprint density at radius 2 is 2.15 bits per heavy atom. The number of aromatic amines is 1. The molecule has 0 spiro atoms. The maximum absolute atomic E-state index is 12.1. The molecule has 3 rings (SSSR count). The third-order valence-electron chi connectivity index (χ3n) is 4.02. The number of nitrogens with zero attached hydrogens (tertiary/aromatic N) is 2. The molecule has 2 N–H and O–H groups in total. The Hall–Kier alpha value is -1.20. The van der Waals surface area contributed by atoms with E-state index in [2.05, 4.69) is 20.3 Å². The van der Waals surface area contributed by atoms with Crippen molar-refractivity contribution in [2.24, 2.45) is 10.9 Å². The molecule has 6 heteroatoms. The minimum absolute atomic E-state index is 0.0468. The Balaban J connectivity index is 1.85. The summed E-state index contributed by atoms with van der Waals surface area (Å²) in [5.41, 5.74) is 2.58. The summed E-state index contributed by atoms with van der Waals surface area (Å²) in [6.45, 7) is 1.72. The molecule has 0 aromatic carbocycles. The molecule has 1 aromatic heterocycles. The molecule has 2 aliphatic rings. The molecule has 0 radical (unpaired) electrons. The lowest BCUT2D eigenvalue weighted by molar-refractivity contribution is 0.684. The number of hydrogen-bond donors (Lipinski definition) is 2. The molecule has 1 aliphatic carbocycles. The van der Waals surface area contributed by atoms with Crippen LogP contribution in [0, 0.1) is 5.92 Å². The molecule has 0 saturated heterocycles. The predicted molar refractivity (Wildman–Crippen MR) is 79.5 cm³/mol. The van der Waals surface area contributed by atoms with Gasteiger partial charge in [-0.1, -0.05) is 12.8 Å².